The molecule has 8 nitrogen and oxygen atoms in total. The van der Waals surface area contributed by atoms with Gasteiger partial charge in [0.1, 0.15) is 23.4 Å². The van der Waals surface area contributed by atoms with Crippen molar-refractivity contribution in [1.29, 1.82) is 0 Å². The summed E-state index contributed by atoms with van der Waals surface area (Å²) in [5, 5.41) is 15.4. The highest BCUT2D eigenvalue weighted by molar-refractivity contribution is 5.92. The molecule has 3 amide bonds. The Hall–Kier alpha value is -2.77. The number of aromatic hydroxyl groups is 1. The first-order valence-corrected chi connectivity index (χ1v) is 12.2. The molecule has 1 aromatic rings. The summed E-state index contributed by atoms with van der Waals surface area (Å²) in [6, 6.07) is 4.38. The van der Waals surface area contributed by atoms with Crippen molar-refractivity contribution in [2.75, 3.05) is 6.54 Å². The van der Waals surface area contributed by atoms with Crippen LogP contribution in [0.1, 0.15) is 86.3 Å². The van der Waals surface area contributed by atoms with E-state index in [2.05, 4.69) is 17.6 Å². The van der Waals surface area contributed by atoms with Crippen molar-refractivity contribution in [2.24, 2.45) is 5.92 Å². The summed E-state index contributed by atoms with van der Waals surface area (Å²) in [5.74, 6) is -0.830. The Morgan fingerprint density at radius 3 is 2.06 bits per heavy atom. The first-order valence-electron chi connectivity index (χ1n) is 12.2. The smallest absolute Gasteiger partial charge is 0.408 e. The third-order valence-electron chi connectivity index (χ3n) is 5.09. The topological polar surface area (TPSA) is 108 Å². The van der Waals surface area contributed by atoms with Crippen LogP contribution in [0.4, 0.5) is 4.79 Å². The summed E-state index contributed by atoms with van der Waals surface area (Å²) < 4.78 is 5.38. The first kappa shape index (κ1) is 29.3. The number of carbonyl (C=O) groups is 3. The quantitative estimate of drug-likeness (QED) is 0.406. The van der Waals surface area contributed by atoms with Gasteiger partial charge in [0, 0.05) is 12.6 Å². The molecule has 1 aromatic carbocycles. The molecule has 0 aliphatic heterocycles. The van der Waals surface area contributed by atoms with Gasteiger partial charge >= 0.3 is 6.09 Å². The summed E-state index contributed by atoms with van der Waals surface area (Å²) in [6.45, 7) is 15.1. The van der Waals surface area contributed by atoms with Gasteiger partial charge in [-0.05, 0) is 64.7 Å². The number of hydrogen-bond acceptors (Lipinski definition) is 5. The maximum Gasteiger partial charge on any atom is 0.408 e. The molecule has 0 saturated heterocycles. The number of unbranched alkanes of at least 4 members (excludes halogenated alkanes) is 2. The molecule has 3 N–H and O–H groups in total. The van der Waals surface area contributed by atoms with Crippen LogP contribution in [0, 0.1) is 5.92 Å². The molecule has 0 aromatic heterocycles. The van der Waals surface area contributed by atoms with Crippen molar-refractivity contribution >= 4 is 17.9 Å². The average Bonchev–Trinajstić information content (AvgIpc) is 2.70. The highest BCUT2D eigenvalue weighted by Gasteiger charge is 2.37. The van der Waals surface area contributed by atoms with Gasteiger partial charge < -0.3 is 25.4 Å². The molecule has 0 radical (unpaired) electrons. The number of alkyl carbamates (subject to hydrolysis) is 1. The van der Waals surface area contributed by atoms with E-state index in [9.17, 15) is 19.5 Å². The molecule has 8 heteroatoms. The Bertz CT molecular complexity index is 800. The number of amides is 3. The number of rotatable bonds is 11. The Labute approximate surface area is 204 Å². The van der Waals surface area contributed by atoms with Crippen molar-refractivity contribution < 1.29 is 24.2 Å². The summed E-state index contributed by atoms with van der Waals surface area (Å²) in [4.78, 5) is 41.3. The molecule has 0 fully saturated rings. The molecule has 0 spiro atoms. The lowest BCUT2D eigenvalue weighted by Crippen LogP contribution is -2.55. The molecule has 2 atom stereocenters. The minimum atomic E-state index is -0.908. The molecule has 0 saturated carbocycles. The van der Waals surface area contributed by atoms with E-state index in [1.54, 1.807) is 37.8 Å². The Balaban J connectivity index is 3.42. The second-order valence-electron chi connectivity index (χ2n) is 10.3. The van der Waals surface area contributed by atoms with Crippen LogP contribution >= 0.6 is 0 Å². The van der Waals surface area contributed by atoms with Crippen LogP contribution in [0.3, 0.4) is 0 Å². The zero-order valence-corrected chi connectivity index (χ0v) is 22.0. The van der Waals surface area contributed by atoms with Crippen molar-refractivity contribution in [3.05, 3.63) is 29.8 Å². The maximum absolute atomic E-state index is 13.9. The Morgan fingerprint density at radius 1 is 1.00 bits per heavy atom. The highest BCUT2D eigenvalue weighted by atomic mass is 16.6. The third kappa shape index (κ3) is 9.61. The molecule has 0 bridgehead atoms. The maximum atomic E-state index is 13.9. The second kappa shape index (κ2) is 13.2. The van der Waals surface area contributed by atoms with Crippen molar-refractivity contribution in [3.63, 3.8) is 0 Å². The van der Waals surface area contributed by atoms with E-state index >= 15 is 0 Å². The fourth-order valence-corrected chi connectivity index (χ4v) is 3.52. The standard InChI is InChI=1S/C26H43N3O5/c1-9-10-11-16-29(24(32)21(17(2)3)28-25(33)34-26(6,7)8)22(23(31)27-18(4)5)19-12-14-20(30)15-13-19/h12-15,17-18,21-22,30H,9-11,16H2,1-8H3,(H,27,31)(H,28,33). The molecular weight excluding hydrogens is 434 g/mol. The summed E-state index contributed by atoms with van der Waals surface area (Å²) in [7, 11) is 0. The minimum Gasteiger partial charge on any atom is -0.508 e. The van der Waals surface area contributed by atoms with Gasteiger partial charge in [0.25, 0.3) is 0 Å². The summed E-state index contributed by atoms with van der Waals surface area (Å²) >= 11 is 0. The second-order valence-corrected chi connectivity index (χ2v) is 10.3. The van der Waals surface area contributed by atoms with Gasteiger partial charge in [0.05, 0.1) is 0 Å². The summed E-state index contributed by atoms with van der Waals surface area (Å²) in [6.07, 6.45) is 1.88. The van der Waals surface area contributed by atoms with Crippen LogP contribution in [0.5, 0.6) is 5.75 Å². The highest BCUT2D eigenvalue weighted by Crippen LogP contribution is 2.26. The lowest BCUT2D eigenvalue weighted by molar-refractivity contribution is -0.143. The Kier molecular flexibility index (Phi) is 11.4. The number of hydrogen-bond donors (Lipinski definition) is 3. The van der Waals surface area contributed by atoms with E-state index < -0.39 is 23.8 Å². The predicted molar refractivity (Wildman–Crippen MR) is 133 cm³/mol. The lowest BCUT2D eigenvalue weighted by atomic mass is 9.98. The normalized spacial score (nSPS) is 13.4. The number of benzene rings is 1. The zero-order chi connectivity index (χ0) is 26.1. The van der Waals surface area contributed by atoms with E-state index in [4.69, 9.17) is 4.74 Å². The van der Waals surface area contributed by atoms with E-state index in [1.807, 2.05) is 27.7 Å². The van der Waals surface area contributed by atoms with E-state index in [0.29, 0.717) is 18.5 Å². The Morgan fingerprint density at radius 2 is 1.59 bits per heavy atom. The number of carbonyl (C=O) groups excluding carboxylic acids is 3. The van der Waals surface area contributed by atoms with Crippen LogP contribution < -0.4 is 10.6 Å². The number of nitrogens with one attached hydrogen (secondary N) is 2. The van der Waals surface area contributed by atoms with Crippen molar-refractivity contribution in [3.8, 4) is 5.75 Å². The molecule has 2 unspecified atom stereocenters. The number of nitrogens with zero attached hydrogens (tertiary/aromatic N) is 1. The average molecular weight is 478 g/mol. The third-order valence-corrected chi connectivity index (χ3v) is 5.09. The van der Waals surface area contributed by atoms with Crippen LogP contribution in [0.2, 0.25) is 0 Å². The van der Waals surface area contributed by atoms with Crippen LogP contribution in [0.15, 0.2) is 24.3 Å². The minimum absolute atomic E-state index is 0.0716. The number of phenols is 1. The molecule has 0 aliphatic carbocycles. The molecule has 34 heavy (non-hydrogen) atoms. The van der Waals surface area contributed by atoms with Gasteiger partial charge in [-0.15, -0.1) is 0 Å². The lowest BCUT2D eigenvalue weighted by Gasteiger charge is -2.36. The van der Waals surface area contributed by atoms with Gasteiger partial charge in [0.15, 0.2) is 0 Å². The van der Waals surface area contributed by atoms with Gasteiger partial charge in [-0.1, -0.05) is 45.7 Å². The van der Waals surface area contributed by atoms with Crippen molar-refractivity contribution in [2.45, 2.75) is 98.4 Å². The van der Waals surface area contributed by atoms with E-state index in [0.717, 1.165) is 12.8 Å². The molecule has 1 rings (SSSR count). The SMILES string of the molecule is CCCCCN(C(=O)C(NC(=O)OC(C)(C)C)C(C)C)C(C(=O)NC(C)C)c1ccc(O)cc1. The number of ether oxygens (including phenoxy) is 1. The largest absolute Gasteiger partial charge is 0.508 e. The van der Waals surface area contributed by atoms with E-state index in [-0.39, 0.29) is 29.5 Å². The van der Waals surface area contributed by atoms with Crippen LogP contribution in [-0.4, -0.2) is 52.1 Å². The van der Waals surface area contributed by atoms with Gasteiger partial charge in [0.2, 0.25) is 11.8 Å². The molecule has 192 valence electrons. The van der Waals surface area contributed by atoms with Crippen molar-refractivity contribution in [1.82, 2.24) is 15.5 Å². The fourth-order valence-electron chi connectivity index (χ4n) is 3.52. The zero-order valence-electron chi connectivity index (χ0n) is 22.0. The van der Waals surface area contributed by atoms with Crippen LogP contribution in [-0.2, 0) is 14.3 Å². The van der Waals surface area contributed by atoms with Gasteiger partial charge in [-0.2, -0.15) is 0 Å². The predicted octanol–water partition coefficient (Wildman–Crippen LogP) is 4.53. The summed E-state index contributed by atoms with van der Waals surface area (Å²) in [5.41, 5.74) is -0.123. The molecule has 0 heterocycles. The monoisotopic (exact) mass is 477 g/mol. The van der Waals surface area contributed by atoms with Crippen LogP contribution in [0.25, 0.3) is 0 Å². The number of phenolic OH excluding ortho intramolecular Hbond substituents is 1. The fraction of sp³-hybridized carbons (Fsp3) is 0.654. The first-order chi connectivity index (χ1) is 15.8. The van der Waals surface area contributed by atoms with Gasteiger partial charge in [-0.25, -0.2) is 4.79 Å². The van der Waals surface area contributed by atoms with E-state index in [1.165, 1.54) is 12.1 Å². The molecule has 0 aliphatic rings. The molecular formula is C26H43N3O5. The van der Waals surface area contributed by atoms with Gasteiger partial charge in [-0.3, -0.25) is 9.59 Å².